The van der Waals surface area contributed by atoms with Crippen LogP contribution in [0.2, 0.25) is 0 Å². The Morgan fingerprint density at radius 2 is 2.32 bits per heavy atom. The molecule has 0 radical (unpaired) electrons. The molecule has 1 aromatic heterocycles. The molecule has 1 aliphatic rings. The first-order chi connectivity index (χ1) is 9.04. The van der Waals surface area contributed by atoms with Crippen molar-refractivity contribution in [3.05, 3.63) is 5.01 Å². The van der Waals surface area contributed by atoms with Crippen molar-refractivity contribution in [1.29, 1.82) is 0 Å². The van der Waals surface area contributed by atoms with Gasteiger partial charge in [0.05, 0.1) is 6.54 Å². The van der Waals surface area contributed by atoms with E-state index >= 15 is 0 Å². The largest absolute Gasteiger partial charge is 0.299 e. The lowest BCUT2D eigenvalue weighted by Gasteiger charge is -2.29. The Bertz CT molecular complexity index is 432. The maximum atomic E-state index is 12.0. The second-order valence-electron chi connectivity index (χ2n) is 5.63. The summed E-state index contributed by atoms with van der Waals surface area (Å²) in [6.45, 7) is 8.87. The fourth-order valence-corrected chi connectivity index (χ4v) is 3.07. The molecule has 2 heterocycles. The monoisotopic (exact) mass is 282 g/mol. The third kappa shape index (κ3) is 4.24. The molecule has 2 rings (SSSR count). The second kappa shape index (κ2) is 6.43. The molecule has 1 amide bonds. The van der Waals surface area contributed by atoms with Crippen molar-refractivity contribution >= 4 is 22.4 Å². The summed E-state index contributed by atoms with van der Waals surface area (Å²) in [5.41, 5.74) is 0. The van der Waals surface area contributed by atoms with Crippen molar-refractivity contribution in [3.8, 4) is 0 Å². The van der Waals surface area contributed by atoms with Gasteiger partial charge in [-0.3, -0.25) is 15.0 Å². The number of carbonyl (C=O) groups excluding carboxylic acids is 1. The van der Waals surface area contributed by atoms with Crippen LogP contribution in [0.4, 0.5) is 5.13 Å². The number of anilines is 1. The molecule has 1 aliphatic heterocycles. The molecule has 19 heavy (non-hydrogen) atoms. The van der Waals surface area contributed by atoms with Gasteiger partial charge in [0.2, 0.25) is 11.0 Å². The molecule has 1 saturated heterocycles. The standard InChI is InChI=1S/C13H22N4OS/c1-9(2)12-15-16-13(19-12)14-11(18)8-17-6-4-5-10(3)7-17/h9-10H,4-8H2,1-3H3,(H,14,16,18)/t10-/m0/s1. The number of hydrogen-bond acceptors (Lipinski definition) is 5. The number of carbonyl (C=O) groups is 1. The van der Waals surface area contributed by atoms with E-state index in [1.54, 1.807) is 0 Å². The number of aromatic nitrogens is 2. The van der Waals surface area contributed by atoms with Crippen LogP contribution in [0.15, 0.2) is 0 Å². The zero-order valence-electron chi connectivity index (χ0n) is 11.8. The highest BCUT2D eigenvalue weighted by Gasteiger charge is 2.19. The molecule has 5 nitrogen and oxygen atoms in total. The number of piperidine rings is 1. The summed E-state index contributed by atoms with van der Waals surface area (Å²) < 4.78 is 0. The fourth-order valence-electron chi connectivity index (χ4n) is 2.31. The van der Waals surface area contributed by atoms with Gasteiger partial charge in [0, 0.05) is 12.5 Å². The molecule has 1 N–H and O–H groups in total. The van der Waals surface area contributed by atoms with Gasteiger partial charge < -0.3 is 0 Å². The zero-order chi connectivity index (χ0) is 13.8. The summed E-state index contributed by atoms with van der Waals surface area (Å²) in [4.78, 5) is 14.2. The zero-order valence-corrected chi connectivity index (χ0v) is 12.7. The first-order valence-corrected chi connectivity index (χ1v) is 7.72. The van der Waals surface area contributed by atoms with E-state index in [4.69, 9.17) is 0 Å². The fraction of sp³-hybridized carbons (Fsp3) is 0.769. The molecule has 1 fully saturated rings. The van der Waals surface area contributed by atoms with E-state index in [1.807, 2.05) is 0 Å². The third-order valence-electron chi connectivity index (χ3n) is 3.29. The minimum absolute atomic E-state index is 0.0144. The minimum atomic E-state index is 0.0144. The Kier molecular flexibility index (Phi) is 4.87. The van der Waals surface area contributed by atoms with Gasteiger partial charge in [-0.2, -0.15) is 0 Å². The Labute approximate surface area is 118 Å². The van der Waals surface area contributed by atoms with Crippen molar-refractivity contribution in [2.45, 2.75) is 39.5 Å². The summed E-state index contributed by atoms with van der Waals surface area (Å²) in [6.07, 6.45) is 2.46. The molecule has 106 valence electrons. The molecular weight excluding hydrogens is 260 g/mol. The summed E-state index contributed by atoms with van der Waals surface area (Å²) in [6, 6.07) is 0. The third-order valence-corrected chi connectivity index (χ3v) is 4.43. The SMILES string of the molecule is CC(C)c1nnc(NC(=O)CN2CCC[C@H](C)C2)s1. The van der Waals surface area contributed by atoms with Crippen LogP contribution >= 0.6 is 11.3 Å². The lowest BCUT2D eigenvalue weighted by Crippen LogP contribution is -2.39. The van der Waals surface area contributed by atoms with Crippen LogP contribution in [-0.4, -0.2) is 40.6 Å². The van der Waals surface area contributed by atoms with Crippen LogP contribution in [0, 0.1) is 5.92 Å². The lowest BCUT2D eigenvalue weighted by atomic mass is 10.0. The maximum Gasteiger partial charge on any atom is 0.240 e. The second-order valence-corrected chi connectivity index (χ2v) is 6.64. The quantitative estimate of drug-likeness (QED) is 0.921. The number of nitrogens with one attached hydrogen (secondary N) is 1. The van der Waals surface area contributed by atoms with Crippen molar-refractivity contribution in [2.24, 2.45) is 5.92 Å². The van der Waals surface area contributed by atoms with Crippen molar-refractivity contribution in [3.63, 3.8) is 0 Å². The van der Waals surface area contributed by atoms with Crippen molar-refractivity contribution in [1.82, 2.24) is 15.1 Å². The van der Waals surface area contributed by atoms with Gasteiger partial charge in [0.15, 0.2) is 0 Å². The van der Waals surface area contributed by atoms with E-state index in [0.717, 1.165) is 18.1 Å². The summed E-state index contributed by atoms with van der Waals surface area (Å²) in [7, 11) is 0. The lowest BCUT2D eigenvalue weighted by molar-refractivity contribution is -0.117. The van der Waals surface area contributed by atoms with E-state index in [-0.39, 0.29) is 5.91 Å². The highest BCUT2D eigenvalue weighted by molar-refractivity contribution is 7.15. The predicted molar refractivity (Wildman–Crippen MR) is 77.5 cm³/mol. The normalized spacial score (nSPS) is 20.7. The van der Waals surface area contributed by atoms with E-state index in [0.29, 0.717) is 23.5 Å². The summed E-state index contributed by atoms with van der Waals surface area (Å²) >= 11 is 1.46. The van der Waals surface area contributed by atoms with Crippen LogP contribution in [0.3, 0.4) is 0 Å². The average Bonchev–Trinajstić information content (AvgIpc) is 2.77. The molecule has 0 spiro atoms. The Hall–Kier alpha value is -1.01. The number of amides is 1. The van der Waals surface area contributed by atoms with Gasteiger partial charge in [0.25, 0.3) is 0 Å². The first kappa shape index (κ1) is 14.4. The first-order valence-electron chi connectivity index (χ1n) is 6.90. The van der Waals surface area contributed by atoms with Crippen LogP contribution in [-0.2, 0) is 4.79 Å². The highest BCUT2D eigenvalue weighted by atomic mass is 32.1. The number of likely N-dealkylation sites (tertiary alicyclic amines) is 1. The van der Waals surface area contributed by atoms with Gasteiger partial charge in [0.1, 0.15) is 5.01 Å². The van der Waals surface area contributed by atoms with Gasteiger partial charge in [-0.15, -0.1) is 10.2 Å². The average molecular weight is 282 g/mol. The smallest absolute Gasteiger partial charge is 0.240 e. The molecule has 1 atom stereocenters. The summed E-state index contributed by atoms with van der Waals surface area (Å²) in [5.74, 6) is 1.06. The molecule has 1 aromatic rings. The maximum absolute atomic E-state index is 12.0. The number of rotatable bonds is 4. The van der Waals surface area contributed by atoms with E-state index in [1.165, 1.54) is 24.2 Å². The topological polar surface area (TPSA) is 58.1 Å². The van der Waals surface area contributed by atoms with Crippen LogP contribution in [0.5, 0.6) is 0 Å². The minimum Gasteiger partial charge on any atom is -0.299 e. The van der Waals surface area contributed by atoms with Gasteiger partial charge >= 0.3 is 0 Å². The number of nitrogens with zero attached hydrogens (tertiary/aromatic N) is 3. The van der Waals surface area contributed by atoms with Gasteiger partial charge in [-0.25, -0.2) is 0 Å². The Morgan fingerprint density at radius 1 is 1.53 bits per heavy atom. The Morgan fingerprint density at radius 3 is 2.95 bits per heavy atom. The molecule has 0 aromatic carbocycles. The van der Waals surface area contributed by atoms with Crippen LogP contribution < -0.4 is 5.32 Å². The van der Waals surface area contributed by atoms with Gasteiger partial charge in [-0.05, 0) is 25.3 Å². The molecular formula is C13H22N4OS. The van der Waals surface area contributed by atoms with Crippen molar-refractivity contribution < 1.29 is 4.79 Å². The van der Waals surface area contributed by atoms with E-state index in [2.05, 4.69) is 41.2 Å². The van der Waals surface area contributed by atoms with Crippen LogP contribution in [0.1, 0.15) is 44.5 Å². The molecule has 0 unspecified atom stereocenters. The molecule has 0 aliphatic carbocycles. The van der Waals surface area contributed by atoms with E-state index < -0.39 is 0 Å². The highest BCUT2D eigenvalue weighted by Crippen LogP contribution is 2.22. The van der Waals surface area contributed by atoms with Gasteiger partial charge in [-0.1, -0.05) is 32.1 Å². The molecule has 0 saturated carbocycles. The predicted octanol–water partition coefficient (Wildman–Crippen LogP) is 2.33. The van der Waals surface area contributed by atoms with Crippen molar-refractivity contribution in [2.75, 3.05) is 25.0 Å². The molecule has 0 bridgehead atoms. The van der Waals surface area contributed by atoms with E-state index in [9.17, 15) is 4.79 Å². The van der Waals surface area contributed by atoms with Crippen LogP contribution in [0.25, 0.3) is 0 Å². The molecule has 6 heteroatoms. The summed E-state index contributed by atoms with van der Waals surface area (Å²) in [5, 5.41) is 12.5. The Balaban J connectivity index is 1.83. The number of hydrogen-bond donors (Lipinski definition) is 1.